The van der Waals surface area contributed by atoms with Crippen LogP contribution >= 0.6 is 0 Å². The van der Waals surface area contributed by atoms with Gasteiger partial charge in [-0.05, 0) is 44.5 Å². The van der Waals surface area contributed by atoms with Crippen molar-refractivity contribution < 1.29 is 19.1 Å². The molecule has 3 aliphatic rings. The second-order valence-electron chi connectivity index (χ2n) is 10.6. The van der Waals surface area contributed by atoms with Crippen molar-refractivity contribution in [3.8, 4) is 22.3 Å². The lowest BCUT2D eigenvalue weighted by atomic mass is 9.98. The molecule has 2 amide bonds. The van der Waals surface area contributed by atoms with Crippen LogP contribution in [0.3, 0.4) is 0 Å². The van der Waals surface area contributed by atoms with Crippen LogP contribution in [-0.2, 0) is 9.47 Å². The van der Waals surface area contributed by atoms with Gasteiger partial charge in [0.25, 0.3) is 0 Å². The molecular formula is C34H30N2O4. The summed E-state index contributed by atoms with van der Waals surface area (Å²) in [6.07, 6.45) is -0.678. The van der Waals surface area contributed by atoms with Gasteiger partial charge in [0.15, 0.2) is 0 Å². The number of fused-ring (bicyclic) bond motifs is 6. The molecule has 0 saturated carbocycles. The summed E-state index contributed by atoms with van der Waals surface area (Å²) in [6, 6.07) is 33.2. The van der Waals surface area contributed by atoms with E-state index in [0.29, 0.717) is 39.4 Å². The van der Waals surface area contributed by atoms with Crippen LogP contribution in [0.1, 0.15) is 34.1 Å². The van der Waals surface area contributed by atoms with Crippen LogP contribution in [-0.4, -0.2) is 61.4 Å². The lowest BCUT2D eigenvalue weighted by molar-refractivity contribution is 0.0589. The third-order valence-electron chi connectivity index (χ3n) is 8.47. The van der Waals surface area contributed by atoms with E-state index >= 15 is 0 Å². The first-order chi connectivity index (χ1) is 19.7. The van der Waals surface area contributed by atoms with Crippen molar-refractivity contribution in [1.29, 1.82) is 0 Å². The second kappa shape index (κ2) is 10.2. The van der Waals surface area contributed by atoms with Crippen LogP contribution in [0, 0.1) is 0 Å². The van der Waals surface area contributed by atoms with Gasteiger partial charge in [-0.15, -0.1) is 0 Å². The zero-order chi connectivity index (χ0) is 27.1. The van der Waals surface area contributed by atoms with Gasteiger partial charge in [0.05, 0.1) is 0 Å². The molecule has 6 nitrogen and oxygen atoms in total. The Morgan fingerprint density at radius 3 is 1.07 bits per heavy atom. The largest absolute Gasteiger partial charge is 0.448 e. The molecule has 7 rings (SSSR count). The maximum atomic E-state index is 13.0. The first-order valence-corrected chi connectivity index (χ1v) is 13.9. The van der Waals surface area contributed by atoms with E-state index in [2.05, 4.69) is 48.5 Å². The summed E-state index contributed by atoms with van der Waals surface area (Å²) in [5.74, 6) is 0.0527. The summed E-state index contributed by atoms with van der Waals surface area (Å²) >= 11 is 0. The third kappa shape index (κ3) is 4.20. The van der Waals surface area contributed by atoms with E-state index < -0.39 is 0 Å². The number of benzene rings is 4. The van der Waals surface area contributed by atoms with Crippen molar-refractivity contribution in [3.63, 3.8) is 0 Å². The minimum absolute atomic E-state index is 0.0264. The number of hydrogen-bond donors (Lipinski definition) is 0. The average Bonchev–Trinajstić information content (AvgIpc) is 3.51. The Morgan fingerprint density at radius 2 is 0.775 bits per heavy atom. The number of hydrogen-bond acceptors (Lipinski definition) is 4. The van der Waals surface area contributed by atoms with Gasteiger partial charge < -0.3 is 19.3 Å². The monoisotopic (exact) mass is 530 g/mol. The van der Waals surface area contributed by atoms with Crippen molar-refractivity contribution in [3.05, 3.63) is 119 Å². The highest BCUT2D eigenvalue weighted by Crippen LogP contribution is 2.45. The van der Waals surface area contributed by atoms with Crippen LogP contribution in [0.4, 0.5) is 9.59 Å². The Labute approximate surface area is 233 Å². The highest BCUT2D eigenvalue weighted by molar-refractivity contribution is 5.80. The topological polar surface area (TPSA) is 59.1 Å². The van der Waals surface area contributed by atoms with Gasteiger partial charge in [0, 0.05) is 38.0 Å². The molecule has 0 unspecified atom stereocenters. The van der Waals surface area contributed by atoms with E-state index in [1.165, 1.54) is 44.5 Å². The Kier molecular flexibility index (Phi) is 6.23. The normalized spacial score (nSPS) is 15.7. The Bertz CT molecular complexity index is 1380. The summed E-state index contributed by atoms with van der Waals surface area (Å²) in [5, 5.41) is 0. The molecule has 0 atom stereocenters. The van der Waals surface area contributed by atoms with Gasteiger partial charge in [0.2, 0.25) is 0 Å². The van der Waals surface area contributed by atoms with Crippen LogP contribution in [0.5, 0.6) is 0 Å². The van der Waals surface area contributed by atoms with Crippen LogP contribution in [0.2, 0.25) is 0 Å². The number of piperazine rings is 1. The van der Waals surface area contributed by atoms with Gasteiger partial charge in [-0.3, -0.25) is 0 Å². The molecule has 0 radical (unpaired) electrons. The molecule has 0 N–H and O–H groups in total. The minimum atomic E-state index is -0.339. The number of nitrogens with zero attached hydrogens (tertiary/aromatic N) is 2. The molecule has 1 saturated heterocycles. The maximum Gasteiger partial charge on any atom is 0.409 e. The van der Waals surface area contributed by atoms with E-state index in [-0.39, 0.29) is 24.0 Å². The highest BCUT2D eigenvalue weighted by atomic mass is 16.6. The molecule has 0 bridgehead atoms. The number of rotatable bonds is 4. The van der Waals surface area contributed by atoms with Gasteiger partial charge in [-0.25, -0.2) is 9.59 Å². The molecule has 0 aromatic heterocycles. The predicted molar refractivity (Wildman–Crippen MR) is 153 cm³/mol. The quantitative estimate of drug-likeness (QED) is 0.302. The minimum Gasteiger partial charge on any atom is -0.448 e. The zero-order valence-corrected chi connectivity index (χ0v) is 22.2. The third-order valence-corrected chi connectivity index (χ3v) is 8.47. The summed E-state index contributed by atoms with van der Waals surface area (Å²) in [7, 11) is 0. The predicted octanol–water partition coefficient (Wildman–Crippen LogP) is 6.50. The van der Waals surface area contributed by atoms with E-state index in [0.717, 1.165) is 0 Å². The van der Waals surface area contributed by atoms with E-state index in [4.69, 9.17) is 9.47 Å². The first-order valence-electron chi connectivity index (χ1n) is 13.9. The van der Waals surface area contributed by atoms with Crippen molar-refractivity contribution >= 4 is 12.2 Å². The smallest absolute Gasteiger partial charge is 0.409 e. The molecule has 4 aromatic rings. The Balaban J connectivity index is 0.934. The lowest BCUT2D eigenvalue weighted by Crippen LogP contribution is -2.51. The molecule has 1 heterocycles. The summed E-state index contributed by atoms with van der Waals surface area (Å²) in [4.78, 5) is 29.3. The molecule has 1 fully saturated rings. The molecule has 4 aromatic carbocycles. The van der Waals surface area contributed by atoms with Gasteiger partial charge in [-0.1, -0.05) is 97.1 Å². The lowest BCUT2D eigenvalue weighted by Gasteiger charge is -2.34. The SMILES string of the molecule is O=C(OCC1c2ccccc2-c2ccccc21)N1CCN(C(=O)OCC2c3ccccc3-c3ccccc32)CC1. The van der Waals surface area contributed by atoms with Gasteiger partial charge in [-0.2, -0.15) is 0 Å². The van der Waals surface area contributed by atoms with Crippen molar-refractivity contribution in [2.75, 3.05) is 39.4 Å². The second-order valence-corrected chi connectivity index (χ2v) is 10.6. The van der Waals surface area contributed by atoms with E-state index in [9.17, 15) is 9.59 Å². The van der Waals surface area contributed by atoms with Crippen molar-refractivity contribution in [2.45, 2.75) is 11.8 Å². The standard InChI is InChI=1S/C34H30N2O4/c37-33(39-21-31-27-13-5-1-9-23(27)24-10-2-6-14-28(24)31)35-17-19-36(20-18-35)34(38)40-22-32-29-15-7-3-11-25(29)26-12-4-8-16-30(26)32/h1-16,31-32H,17-22H2. The molecule has 1 aliphatic heterocycles. The average molecular weight is 531 g/mol. The van der Waals surface area contributed by atoms with Crippen LogP contribution < -0.4 is 0 Å². The van der Waals surface area contributed by atoms with E-state index in [1.54, 1.807) is 9.80 Å². The molecule has 200 valence electrons. The fourth-order valence-electron chi connectivity index (χ4n) is 6.44. The summed E-state index contributed by atoms with van der Waals surface area (Å²) in [6.45, 7) is 2.25. The molecule has 2 aliphatic carbocycles. The van der Waals surface area contributed by atoms with Crippen LogP contribution in [0.25, 0.3) is 22.3 Å². The number of amides is 2. The van der Waals surface area contributed by atoms with Gasteiger partial charge in [0.1, 0.15) is 13.2 Å². The van der Waals surface area contributed by atoms with Crippen molar-refractivity contribution in [1.82, 2.24) is 9.80 Å². The van der Waals surface area contributed by atoms with Crippen molar-refractivity contribution in [2.24, 2.45) is 0 Å². The maximum absolute atomic E-state index is 13.0. The number of carbonyl (C=O) groups is 2. The molecule has 6 heteroatoms. The van der Waals surface area contributed by atoms with E-state index in [1.807, 2.05) is 48.5 Å². The zero-order valence-electron chi connectivity index (χ0n) is 22.2. The number of carbonyl (C=O) groups excluding carboxylic acids is 2. The molecular weight excluding hydrogens is 500 g/mol. The molecule has 40 heavy (non-hydrogen) atoms. The fraction of sp³-hybridized carbons (Fsp3) is 0.235. The fourth-order valence-corrected chi connectivity index (χ4v) is 6.44. The Hall–Kier alpha value is -4.58. The number of ether oxygens (including phenoxy) is 2. The summed E-state index contributed by atoms with van der Waals surface area (Å²) < 4.78 is 11.6. The summed E-state index contributed by atoms with van der Waals surface area (Å²) in [5.41, 5.74) is 9.58. The molecule has 0 spiro atoms. The first kappa shape index (κ1) is 24.5. The highest BCUT2D eigenvalue weighted by Gasteiger charge is 2.33. The van der Waals surface area contributed by atoms with Crippen LogP contribution in [0.15, 0.2) is 97.1 Å². The Morgan fingerprint density at radius 1 is 0.500 bits per heavy atom. The van der Waals surface area contributed by atoms with Gasteiger partial charge >= 0.3 is 12.2 Å².